The van der Waals surface area contributed by atoms with Crippen molar-refractivity contribution in [3.05, 3.63) is 53.6 Å². The Morgan fingerprint density at radius 3 is 2.33 bits per heavy atom. The van der Waals surface area contributed by atoms with Crippen molar-refractivity contribution in [3.63, 3.8) is 0 Å². The van der Waals surface area contributed by atoms with Crippen molar-refractivity contribution < 1.29 is 37.7 Å². The minimum absolute atomic E-state index is 0.0186. The van der Waals surface area contributed by atoms with Crippen molar-refractivity contribution in [2.45, 2.75) is 46.1 Å². The molecule has 0 N–H and O–H groups in total. The van der Waals surface area contributed by atoms with Gasteiger partial charge in [-0.3, -0.25) is 14.4 Å². The predicted molar refractivity (Wildman–Crippen MR) is 117 cm³/mol. The van der Waals surface area contributed by atoms with Crippen LogP contribution >= 0.6 is 0 Å². The predicted octanol–water partition coefficient (Wildman–Crippen LogP) is 4.07. The lowest BCUT2D eigenvalue weighted by atomic mass is 9.96. The standard InChI is InChI=1S/C24H28FNO7/c1-14(24(29)33-16(3)15(2)18-6-8-19(25)9-7-18)12-20(28)22-23(32-13-31-17(4)27)21(30-5)10-11-26-22/h6-11,14-16H,12-13H2,1-5H3/t14-,15+,16-/m1/s1. The molecule has 1 aromatic carbocycles. The zero-order chi connectivity index (χ0) is 24.5. The normalized spacial score (nSPS) is 13.4. The van der Waals surface area contributed by atoms with Crippen molar-refractivity contribution in [2.24, 2.45) is 5.92 Å². The third-order valence-corrected chi connectivity index (χ3v) is 5.11. The number of carbonyl (C=O) groups is 3. The van der Waals surface area contributed by atoms with Gasteiger partial charge in [0, 0.05) is 31.5 Å². The molecule has 0 aliphatic rings. The Morgan fingerprint density at radius 2 is 1.73 bits per heavy atom. The van der Waals surface area contributed by atoms with Crippen LogP contribution in [0, 0.1) is 11.7 Å². The maximum Gasteiger partial charge on any atom is 0.309 e. The number of aromatic nitrogens is 1. The molecule has 0 aliphatic heterocycles. The van der Waals surface area contributed by atoms with E-state index in [1.807, 2.05) is 6.92 Å². The molecule has 0 amide bonds. The topological polar surface area (TPSA) is 101 Å². The number of halogens is 1. The Hall–Kier alpha value is -3.49. The molecule has 0 saturated heterocycles. The monoisotopic (exact) mass is 461 g/mol. The van der Waals surface area contributed by atoms with Crippen LogP contribution in [0.3, 0.4) is 0 Å². The van der Waals surface area contributed by atoms with Crippen LogP contribution < -0.4 is 9.47 Å². The number of ether oxygens (including phenoxy) is 4. The van der Waals surface area contributed by atoms with Gasteiger partial charge in [-0.15, -0.1) is 0 Å². The van der Waals surface area contributed by atoms with Gasteiger partial charge in [0.15, 0.2) is 23.0 Å². The highest BCUT2D eigenvalue weighted by atomic mass is 19.1. The van der Waals surface area contributed by atoms with Gasteiger partial charge in [-0.05, 0) is 24.6 Å². The minimum Gasteiger partial charge on any atom is -0.493 e. The van der Waals surface area contributed by atoms with E-state index < -0.39 is 36.5 Å². The molecular formula is C24H28FNO7. The lowest BCUT2D eigenvalue weighted by Gasteiger charge is -2.22. The fourth-order valence-corrected chi connectivity index (χ4v) is 3.00. The molecular weight excluding hydrogens is 433 g/mol. The van der Waals surface area contributed by atoms with Crippen LogP contribution in [0.5, 0.6) is 11.5 Å². The first-order chi connectivity index (χ1) is 15.6. The number of benzene rings is 1. The molecule has 0 unspecified atom stereocenters. The van der Waals surface area contributed by atoms with Gasteiger partial charge in [0.05, 0.1) is 13.0 Å². The Balaban J connectivity index is 2.04. The smallest absolute Gasteiger partial charge is 0.309 e. The molecule has 33 heavy (non-hydrogen) atoms. The summed E-state index contributed by atoms with van der Waals surface area (Å²) in [5.74, 6) is -2.57. The molecule has 0 bridgehead atoms. The molecule has 0 spiro atoms. The number of hydrogen-bond acceptors (Lipinski definition) is 8. The van der Waals surface area contributed by atoms with Crippen LogP contribution in [0.25, 0.3) is 0 Å². The highest BCUT2D eigenvalue weighted by molar-refractivity contribution is 5.99. The largest absolute Gasteiger partial charge is 0.493 e. The molecule has 3 atom stereocenters. The van der Waals surface area contributed by atoms with Gasteiger partial charge in [-0.25, -0.2) is 9.37 Å². The van der Waals surface area contributed by atoms with Crippen LogP contribution in [0.2, 0.25) is 0 Å². The molecule has 8 nitrogen and oxygen atoms in total. The number of pyridine rings is 1. The summed E-state index contributed by atoms with van der Waals surface area (Å²) >= 11 is 0. The van der Waals surface area contributed by atoms with Gasteiger partial charge in [0.2, 0.25) is 6.79 Å². The number of rotatable bonds is 11. The van der Waals surface area contributed by atoms with E-state index in [4.69, 9.17) is 18.9 Å². The van der Waals surface area contributed by atoms with Crippen molar-refractivity contribution in [1.82, 2.24) is 4.98 Å². The summed E-state index contributed by atoms with van der Waals surface area (Å²) in [6, 6.07) is 7.48. The van der Waals surface area contributed by atoms with Crippen LogP contribution in [0.1, 0.15) is 56.1 Å². The second-order valence-corrected chi connectivity index (χ2v) is 7.60. The van der Waals surface area contributed by atoms with Crippen LogP contribution in [0.15, 0.2) is 36.5 Å². The zero-order valence-electron chi connectivity index (χ0n) is 19.3. The molecule has 178 valence electrons. The molecule has 0 aliphatic carbocycles. The van der Waals surface area contributed by atoms with Gasteiger partial charge in [-0.1, -0.05) is 26.0 Å². The van der Waals surface area contributed by atoms with Crippen LogP contribution in [-0.2, 0) is 19.1 Å². The van der Waals surface area contributed by atoms with Gasteiger partial charge >= 0.3 is 11.9 Å². The summed E-state index contributed by atoms with van der Waals surface area (Å²) in [4.78, 5) is 40.5. The second-order valence-electron chi connectivity index (χ2n) is 7.60. The lowest BCUT2D eigenvalue weighted by molar-refractivity contribution is -0.153. The lowest BCUT2D eigenvalue weighted by Crippen LogP contribution is -2.26. The summed E-state index contributed by atoms with van der Waals surface area (Å²) in [7, 11) is 1.39. The SMILES string of the molecule is COc1ccnc(C(=O)C[C@@H](C)C(=O)O[C@H](C)[C@H](C)c2ccc(F)cc2)c1OCOC(C)=O. The number of carbonyl (C=O) groups excluding carboxylic acids is 3. The van der Waals surface area contributed by atoms with E-state index in [1.54, 1.807) is 26.0 Å². The van der Waals surface area contributed by atoms with Crippen molar-refractivity contribution in [2.75, 3.05) is 13.9 Å². The molecule has 0 fully saturated rings. The molecule has 2 aromatic rings. The quantitative estimate of drug-likeness (QED) is 0.280. The molecule has 0 radical (unpaired) electrons. The summed E-state index contributed by atoms with van der Waals surface area (Å²) < 4.78 is 34.0. The van der Waals surface area contributed by atoms with E-state index in [0.717, 1.165) is 5.56 Å². The molecule has 1 heterocycles. The first-order valence-electron chi connectivity index (χ1n) is 10.4. The van der Waals surface area contributed by atoms with E-state index in [-0.39, 0.29) is 35.3 Å². The zero-order valence-corrected chi connectivity index (χ0v) is 19.3. The van der Waals surface area contributed by atoms with Crippen LogP contribution in [-0.4, -0.2) is 42.7 Å². The van der Waals surface area contributed by atoms with E-state index in [1.165, 1.54) is 38.4 Å². The molecule has 2 rings (SSSR count). The minimum atomic E-state index is -0.755. The Kier molecular flexibility index (Phi) is 9.32. The van der Waals surface area contributed by atoms with Gasteiger partial charge in [0.25, 0.3) is 0 Å². The fraction of sp³-hybridized carbons (Fsp3) is 0.417. The maximum atomic E-state index is 13.1. The van der Waals surface area contributed by atoms with Gasteiger partial charge in [0.1, 0.15) is 11.9 Å². The molecule has 9 heteroatoms. The average molecular weight is 461 g/mol. The maximum absolute atomic E-state index is 13.1. The first kappa shape index (κ1) is 25.8. The van der Waals surface area contributed by atoms with Crippen molar-refractivity contribution >= 4 is 17.7 Å². The average Bonchev–Trinajstić information content (AvgIpc) is 2.78. The number of methoxy groups -OCH3 is 1. The van der Waals surface area contributed by atoms with Crippen molar-refractivity contribution in [3.8, 4) is 11.5 Å². The first-order valence-corrected chi connectivity index (χ1v) is 10.4. The Bertz CT molecular complexity index is 977. The van der Waals surface area contributed by atoms with E-state index in [2.05, 4.69) is 4.98 Å². The Labute approximate surface area is 192 Å². The number of esters is 2. The summed E-state index contributed by atoms with van der Waals surface area (Å²) in [6.07, 6.45) is 0.707. The molecule has 1 aromatic heterocycles. The fourth-order valence-electron chi connectivity index (χ4n) is 3.00. The van der Waals surface area contributed by atoms with Crippen LogP contribution in [0.4, 0.5) is 4.39 Å². The third-order valence-electron chi connectivity index (χ3n) is 5.11. The number of hydrogen-bond donors (Lipinski definition) is 0. The van der Waals surface area contributed by atoms with Crippen molar-refractivity contribution in [1.29, 1.82) is 0 Å². The van der Waals surface area contributed by atoms with E-state index in [9.17, 15) is 18.8 Å². The number of nitrogens with zero attached hydrogens (tertiary/aromatic N) is 1. The van der Waals surface area contributed by atoms with Gasteiger partial charge < -0.3 is 18.9 Å². The number of ketones is 1. The number of Topliss-reactive ketones (excluding diaryl/α,β-unsaturated/α-hetero) is 1. The Morgan fingerprint density at radius 1 is 1.06 bits per heavy atom. The summed E-state index contributed by atoms with van der Waals surface area (Å²) in [6.45, 7) is 5.99. The van der Waals surface area contributed by atoms with Gasteiger partial charge in [-0.2, -0.15) is 0 Å². The second kappa shape index (κ2) is 11.9. The summed E-state index contributed by atoms with van der Waals surface area (Å²) in [5, 5.41) is 0. The third kappa shape index (κ3) is 7.27. The highest BCUT2D eigenvalue weighted by Gasteiger charge is 2.27. The van der Waals surface area contributed by atoms with E-state index >= 15 is 0 Å². The molecule has 0 saturated carbocycles. The summed E-state index contributed by atoms with van der Waals surface area (Å²) in [5.41, 5.74) is 0.782. The van der Waals surface area contributed by atoms with E-state index in [0.29, 0.717) is 0 Å². The highest BCUT2D eigenvalue weighted by Crippen LogP contribution is 2.31.